The van der Waals surface area contributed by atoms with Gasteiger partial charge in [-0.2, -0.15) is 0 Å². The van der Waals surface area contributed by atoms with E-state index < -0.39 is 0 Å². The zero-order chi connectivity index (χ0) is 13.4. The van der Waals surface area contributed by atoms with Crippen LogP contribution in [-0.4, -0.2) is 28.7 Å². The van der Waals surface area contributed by atoms with Crippen molar-refractivity contribution in [3.8, 4) is 0 Å². The molecule has 0 heterocycles. The molecule has 0 saturated carbocycles. The van der Waals surface area contributed by atoms with Gasteiger partial charge in [-0.1, -0.05) is 30.3 Å². The highest BCUT2D eigenvalue weighted by Crippen LogP contribution is 2.18. The van der Waals surface area contributed by atoms with Crippen molar-refractivity contribution >= 4 is 0 Å². The lowest BCUT2D eigenvalue weighted by Crippen LogP contribution is -2.41. The largest absolute Gasteiger partial charge is 0.396 e. The molecule has 0 fully saturated rings. The maximum absolute atomic E-state index is 8.81. The van der Waals surface area contributed by atoms with Gasteiger partial charge in [0.2, 0.25) is 0 Å². The van der Waals surface area contributed by atoms with Crippen LogP contribution in [0.3, 0.4) is 0 Å². The molecule has 1 N–H and O–H groups in total. The number of rotatable bonds is 7. The molecule has 0 bridgehead atoms. The second-order valence-corrected chi connectivity index (χ2v) is 5.86. The molecule has 0 unspecified atom stereocenters. The number of hydrogen-bond donors (Lipinski definition) is 1. The van der Waals surface area contributed by atoms with Crippen molar-refractivity contribution < 1.29 is 5.11 Å². The highest BCUT2D eigenvalue weighted by molar-refractivity contribution is 5.14. The molecule has 1 aromatic carbocycles. The summed E-state index contributed by atoms with van der Waals surface area (Å²) in [7, 11) is 0. The van der Waals surface area contributed by atoms with Crippen molar-refractivity contribution in [1.82, 2.24) is 4.90 Å². The predicted molar refractivity (Wildman–Crippen MR) is 77.5 cm³/mol. The van der Waals surface area contributed by atoms with Crippen LogP contribution in [0.5, 0.6) is 0 Å². The summed E-state index contributed by atoms with van der Waals surface area (Å²) >= 11 is 0. The predicted octanol–water partition coefficient (Wildman–Crippen LogP) is 3.45. The summed E-state index contributed by atoms with van der Waals surface area (Å²) in [6.45, 7) is 9.21. The minimum Gasteiger partial charge on any atom is -0.396 e. The lowest BCUT2D eigenvalue weighted by atomic mass is 10.0. The SMILES string of the molecule is CC(C)(C)N(CCCCCO)Cc1ccccc1. The van der Waals surface area contributed by atoms with E-state index in [0.29, 0.717) is 6.61 Å². The molecular formula is C16H27NO. The van der Waals surface area contributed by atoms with Crippen LogP contribution in [0, 0.1) is 0 Å². The second kappa shape index (κ2) is 7.55. The Bertz CT molecular complexity index is 316. The summed E-state index contributed by atoms with van der Waals surface area (Å²) in [5, 5.41) is 8.81. The third-order valence-corrected chi connectivity index (χ3v) is 3.25. The Hall–Kier alpha value is -0.860. The van der Waals surface area contributed by atoms with E-state index in [1.54, 1.807) is 0 Å². The molecule has 0 spiro atoms. The maximum Gasteiger partial charge on any atom is 0.0431 e. The molecule has 18 heavy (non-hydrogen) atoms. The average Bonchev–Trinajstić information content (AvgIpc) is 2.33. The molecule has 0 amide bonds. The van der Waals surface area contributed by atoms with E-state index in [1.807, 2.05) is 0 Å². The van der Waals surface area contributed by atoms with Gasteiger partial charge >= 0.3 is 0 Å². The number of aliphatic hydroxyl groups excluding tert-OH is 1. The first kappa shape index (κ1) is 15.2. The number of benzene rings is 1. The number of unbranched alkanes of at least 4 members (excludes halogenated alkanes) is 2. The van der Waals surface area contributed by atoms with Gasteiger partial charge in [0.25, 0.3) is 0 Å². The van der Waals surface area contributed by atoms with Crippen LogP contribution in [0.1, 0.15) is 45.6 Å². The first-order valence-electron chi connectivity index (χ1n) is 6.94. The van der Waals surface area contributed by atoms with Gasteiger partial charge in [0, 0.05) is 18.7 Å². The van der Waals surface area contributed by atoms with Gasteiger partial charge in [0.1, 0.15) is 0 Å². The van der Waals surface area contributed by atoms with Gasteiger partial charge in [0.05, 0.1) is 0 Å². The van der Waals surface area contributed by atoms with Crippen molar-refractivity contribution in [2.24, 2.45) is 0 Å². The third-order valence-electron chi connectivity index (χ3n) is 3.25. The molecule has 0 aliphatic heterocycles. The number of aliphatic hydroxyl groups is 1. The molecule has 0 atom stereocenters. The molecule has 1 aromatic rings. The summed E-state index contributed by atoms with van der Waals surface area (Å²) in [6, 6.07) is 10.6. The Labute approximate surface area is 112 Å². The average molecular weight is 249 g/mol. The van der Waals surface area contributed by atoms with E-state index in [-0.39, 0.29) is 5.54 Å². The zero-order valence-corrected chi connectivity index (χ0v) is 12.0. The standard InChI is InChI=1S/C16H27NO/c1-16(2,3)17(12-8-5-9-13-18)14-15-10-6-4-7-11-15/h4,6-7,10-11,18H,5,8-9,12-14H2,1-3H3. The quantitative estimate of drug-likeness (QED) is 0.748. The lowest BCUT2D eigenvalue weighted by Gasteiger charge is -2.36. The Balaban J connectivity index is 2.51. The zero-order valence-electron chi connectivity index (χ0n) is 12.0. The summed E-state index contributed by atoms with van der Waals surface area (Å²) in [6.07, 6.45) is 3.19. The van der Waals surface area contributed by atoms with Gasteiger partial charge < -0.3 is 5.11 Å². The van der Waals surface area contributed by atoms with Crippen molar-refractivity contribution in [2.75, 3.05) is 13.2 Å². The Morgan fingerprint density at radius 2 is 1.67 bits per heavy atom. The van der Waals surface area contributed by atoms with Gasteiger partial charge in [-0.05, 0) is 52.1 Å². The highest BCUT2D eigenvalue weighted by Gasteiger charge is 2.20. The molecule has 0 aliphatic carbocycles. The van der Waals surface area contributed by atoms with E-state index in [1.165, 1.54) is 5.56 Å². The van der Waals surface area contributed by atoms with Gasteiger partial charge in [0.15, 0.2) is 0 Å². The van der Waals surface area contributed by atoms with Crippen LogP contribution in [-0.2, 0) is 6.54 Å². The van der Waals surface area contributed by atoms with Crippen LogP contribution >= 0.6 is 0 Å². The Morgan fingerprint density at radius 3 is 2.22 bits per heavy atom. The molecule has 0 aliphatic rings. The van der Waals surface area contributed by atoms with Crippen LogP contribution < -0.4 is 0 Å². The van der Waals surface area contributed by atoms with Gasteiger partial charge in [-0.15, -0.1) is 0 Å². The Kier molecular flexibility index (Phi) is 6.37. The van der Waals surface area contributed by atoms with E-state index in [0.717, 1.165) is 32.4 Å². The molecule has 102 valence electrons. The molecule has 2 nitrogen and oxygen atoms in total. The van der Waals surface area contributed by atoms with Crippen LogP contribution in [0.2, 0.25) is 0 Å². The second-order valence-electron chi connectivity index (χ2n) is 5.86. The monoisotopic (exact) mass is 249 g/mol. The maximum atomic E-state index is 8.81. The first-order chi connectivity index (χ1) is 8.54. The summed E-state index contributed by atoms with van der Waals surface area (Å²) in [4.78, 5) is 2.51. The van der Waals surface area contributed by atoms with Crippen LogP contribution in [0.15, 0.2) is 30.3 Å². The highest BCUT2D eigenvalue weighted by atomic mass is 16.2. The summed E-state index contributed by atoms with van der Waals surface area (Å²) in [5.41, 5.74) is 1.56. The molecule has 2 heteroatoms. The van der Waals surface area contributed by atoms with Crippen molar-refractivity contribution in [1.29, 1.82) is 0 Å². The number of hydrogen-bond acceptors (Lipinski definition) is 2. The topological polar surface area (TPSA) is 23.5 Å². The van der Waals surface area contributed by atoms with E-state index in [4.69, 9.17) is 5.11 Å². The van der Waals surface area contributed by atoms with Gasteiger partial charge in [-0.25, -0.2) is 0 Å². The number of nitrogens with zero attached hydrogens (tertiary/aromatic N) is 1. The fraction of sp³-hybridized carbons (Fsp3) is 0.625. The molecule has 0 aromatic heterocycles. The lowest BCUT2D eigenvalue weighted by molar-refractivity contribution is 0.124. The van der Waals surface area contributed by atoms with Crippen LogP contribution in [0.4, 0.5) is 0 Å². The first-order valence-corrected chi connectivity index (χ1v) is 6.94. The molecule has 1 rings (SSSR count). The van der Waals surface area contributed by atoms with Crippen LogP contribution in [0.25, 0.3) is 0 Å². The van der Waals surface area contributed by atoms with E-state index in [9.17, 15) is 0 Å². The molecular weight excluding hydrogens is 222 g/mol. The van der Waals surface area contributed by atoms with Gasteiger partial charge in [-0.3, -0.25) is 4.90 Å². The third kappa shape index (κ3) is 5.65. The van der Waals surface area contributed by atoms with Crippen molar-refractivity contribution in [3.63, 3.8) is 0 Å². The normalized spacial score (nSPS) is 12.1. The fourth-order valence-corrected chi connectivity index (χ4v) is 2.05. The summed E-state index contributed by atoms with van der Waals surface area (Å²) < 4.78 is 0. The molecule has 0 radical (unpaired) electrons. The minimum atomic E-state index is 0.190. The smallest absolute Gasteiger partial charge is 0.0431 e. The summed E-state index contributed by atoms with van der Waals surface area (Å²) in [5.74, 6) is 0. The van der Waals surface area contributed by atoms with E-state index >= 15 is 0 Å². The molecule has 0 saturated heterocycles. The van der Waals surface area contributed by atoms with E-state index in [2.05, 4.69) is 56.0 Å². The minimum absolute atomic E-state index is 0.190. The Morgan fingerprint density at radius 1 is 1.00 bits per heavy atom. The van der Waals surface area contributed by atoms with Crippen molar-refractivity contribution in [3.05, 3.63) is 35.9 Å². The van der Waals surface area contributed by atoms with Crippen molar-refractivity contribution in [2.45, 2.75) is 52.1 Å². The fourth-order valence-electron chi connectivity index (χ4n) is 2.05.